The molecule has 0 spiro atoms. The number of anilines is 1. The Morgan fingerprint density at radius 1 is 1.03 bits per heavy atom. The smallest absolute Gasteiger partial charge is 0.246 e. The van der Waals surface area contributed by atoms with Crippen molar-refractivity contribution in [2.24, 2.45) is 0 Å². The Balaban J connectivity index is 1.67. The molecule has 0 fully saturated rings. The minimum atomic E-state index is -0.406. The summed E-state index contributed by atoms with van der Waals surface area (Å²) in [4.78, 5) is 13.1. The van der Waals surface area contributed by atoms with Crippen LogP contribution in [0.2, 0.25) is 0 Å². The van der Waals surface area contributed by atoms with Gasteiger partial charge in [0.2, 0.25) is 5.91 Å². The van der Waals surface area contributed by atoms with E-state index < -0.39 is 6.04 Å². The summed E-state index contributed by atoms with van der Waals surface area (Å²) in [6.45, 7) is 9.66. The summed E-state index contributed by atoms with van der Waals surface area (Å²) in [6.07, 6.45) is 0.891. The molecule has 3 rings (SSSR count). The van der Waals surface area contributed by atoms with Gasteiger partial charge in [0.25, 0.3) is 0 Å². The van der Waals surface area contributed by atoms with Crippen molar-refractivity contribution in [3.8, 4) is 0 Å². The van der Waals surface area contributed by atoms with Crippen molar-refractivity contribution in [1.29, 1.82) is 0 Å². The van der Waals surface area contributed by atoms with Gasteiger partial charge in [0.1, 0.15) is 6.04 Å². The summed E-state index contributed by atoms with van der Waals surface area (Å²) in [5, 5.41) is 11.0. The maximum atomic E-state index is 13.1. The van der Waals surface area contributed by atoms with Crippen molar-refractivity contribution >= 4 is 11.6 Å². The predicted molar refractivity (Wildman–Crippen MR) is 118 cm³/mol. The lowest BCUT2D eigenvalue weighted by molar-refractivity contribution is -0.118. The van der Waals surface area contributed by atoms with Gasteiger partial charge in [0, 0.05) is 17.9 Å². The summed E-state index contributed by atoms with van der Waals surface area (Å²) in [6, 6.07) is 17.6. The molecule has 0 aliphatic rings. The molecule has 2 aromatic carbocycles. The van der Waals surface area contributed by atoms with Crippen molar-refractivity contribution < 1.29 is 4.79 Å². The van der Waals surface area contributed by atoms with Gasteiger partial charge in [-0.2, -0.15) is 5.10 Å². The zero-order valence-corrected chi connectivity index (χ0v) is 17.7. The monoisotopic (exact) mass is 390 g/mol. The number of carbonyl (C=O) groups is 1. The molecule has 0 bridgehead atoms. The first-order chi connectivity index (χ1) is 13.9. The normalized spacial score (nSPS) is 12.0. The molecule has 1 amide bonds. The highest BCUT2D eigenvalue weighted by molar-refractivity contribution is 5.96. The van der Waals surface area contributed by atoms with E-state index >= 15 is 0 Å². The Morgan fingerprint density at radius 3 is 2.48 bits per heavy atom. The Morgan fingerprint density at radius 2 is 1.79 bits per heavy atom. The second-order valence-electron chi connectivity index (χ2n) is 7.61. The lowest BCUT2D eigenvalue weighted by Gasteiger charge is -2.20. The fraction of sp³-hybridized carbons (Fsp3) is 0.333. The van der Waals surface area contributed by atoms with Gasteiger partial charge in [0.15, 0.2) is 0 Å². The summed E-state index contributed by atoms with van der Waals surface area (Å²) < 4.78 is 2.02. The summed E-state index contributed by atoms with van der Waals surface area (Å²) in [5.41, 5.74) is 6.20. The summed E-state index contributed by atoms with van der Waals surface area (Å²) >= 11 is 0. The molecule has 2 N–H and O–H groups in total. The van der Waals surface area contributed by atoms with E-state index in [4.69, 9.17) is 0 Å². The molecule has 1 aromatic heterocycles. The van der Waals surface area contributed by atoms with Crippen LogP contribution in [0.3, 0.4) is 0 Å². The number of aryl methyl sites for hydroxylation is 5. The number of nitrogens with one attached hydrogen (secondary N) is 2. The van der Waals surface area contributed by atoms with Crippen LogP contribution >= 0.6 is 0 Å². The Labute approximate surface area is 173 Å². The van der Waals surface area contributed by atoms with E-state index in [-0.39, 0.29) is 5.91 Å². The number of hydrogen-bond donors (Lipinski definition) is 2. The molecule has 0 aliphatic carbocycles. The maximum Gasteiger partial charge on any atom is 0.246 e. The highest BCUT2D eigenvalue weighted by Crippen LogP contribution is 2.20. The zero-order chi connectivity index (χ0) is 20.8. The van der Waals surface area contributed by atoms with Crippen LogP contribution in [0, 0.1) is 27.7 Å². The number of rotatable bonds is 8. The average Bonchev–Trinajstić information content (AvgIpc) is 3.02. The Hall–Kier alpha value is -2.92. The van der Waals surface area contributed by atoms with Crippen LogP contribution in [-0.2, 0) is 11.3 Å². The van der Waals surface area contributed by atoms with E-state index in [1.165, 1.54) is 0 Å². The van der Waals surface area contributed by atoms with E-state index in [0.29, 0.717) is 0 Å². The van der Waals surface area contributed by atoms with Gasteiger partial charge in [-0.15, -0.1) is 0 Å². The minimum absolute atomic E-state index is 0.0454. The topological polar surface area (TPSA) is 59.0 Å². The number of aromatic nitrogens is 2. The Bertz CT molecular complexity index is 962. The number of carbonyl (C=O) groups excluding carboxylic acids is 1. The SMILES string of the molecule is Cc1ccc(C)c(NC(=O)C(NCCCn2nc(C)cc2C)c2ccccc2)c1. The lowest BCUT2D eigenvalue weighted by atomic mass is 10.0. The van der Waals surface area contributed by atoms with Crippen molar-refractivity contribution in [3.63, 3.8) is 0 Å². The molecule has 3 aromatic rings. The minimum Gasteiger partial charge on any atom is -0.324 e. The molecule has 0 saturated heterocycles. The van der Waals surface area contributed by atoms with E-state index in [1.807, 2.05) is 67.9 Å². The van der Waals surface area contributed by atoms with Crippen LogP contribution in [0.5, 0.6) is 0 Å². The fourth-order valence-electron chi connectivity index (χ4n) is 3.46. The van der Waals surface area contributed by atoms with Gasteiger partial charge in [-0.05, 0) is 69.5 Å². The molecule has 5 nitrogen and oxygen atoms in total. The van der Waals surface area contributed by atoms with Crippen LogP contribution in [-0.4, -0.2) is 22.2 Å². The Kier molecular flexibility index (Phi) is 6.83. The number of amides is 1. The van der Waals surface area contributed by atoms with Crippen molar-refractivity contribution in [2.75, 3.05) is 11.9 Å². The molecule has 29 heavy (non-hydrogen) atoms. The van der Waals surface area contributed by atoms with Crippen LogP contribution in [0.15, 0.2) is 54.6 Å². The molecular weight excluding hydrogens is 360 g/mol. The number of hydrogen-bond acceptors (Lipinski definition) is 3. The molecule has 0 radical (unpaired) electrons. The van der Waals surface area contributed by atoms with Gasteiger partial charge >= 0.3 is 0 Å². The quantitative estimate of drug-likeness (QED) is 0.558. The van der Waals surface area contributed by atoms with Gasteiger partial charge in [-0.25, -0.2) is 0 Å². The summed E-state index contributed by atoms with van der Waals surface area (Å²) in [7, 11) is 0. The third-order valence-corrected chi connectivity index (χ3v) is 5.04. The van der Waals surface area contributed by atoms with E-state index in [2.05, 4.69) is 34.8 Å². The first-order valence-electron chi connectivity index (χ1n) is 10.1. The molecule has 1 atom stereocenters. The lowest BCUT2D eigenvalue weighted by Crippen LogP contribution is -2.34. The first-order valence-corrected chi connectivity index (χ1v) is 10.1. The van der Waals surface area contributed by atoms with Gasteiger partial charge in [-0.3, -0.25) is 9.48 Å². The molecule has 1 heterocycles. The first kappa shape index (κ1) is 20.8. The summed E-state index contributed by atoms with van der Waals surface area (Å²) in [5.74, 6) is -0.0454. The molecule has 0 saturated carbocycles. The average molecular weight is 391 g/mol. The van der Waals surface area contributed by atoms with Crippen molar-refractivity contribution in [2.45, 2.75) is 46.7 Å². The standard InChI is InChI=1S/C24H30N4O/c1-17-11-12-18(2)22(15-17)26-24(29)23(21-9-6-5-7-10-21)25-13-8-14-28-20(4)16-19(3)27-28/h5-7,9-12,15-16,23,25H,8,13-14H2,1-4H3,(H,26,29). The van der Waals surface area contributed by atoms with E-state index in [9.17, 15) is 4.79 Å². The van der Waals surface area contributed by atoms with Gasteiger partial charge in [0.05, 0.1) is 5.69 Å². The second-order valence-corrected chi connectivity index (χ2v) is 7.61. The van der Waals surface area contributed by atoms with Crippen LogP contribution in [0.4, 0.5) is 5.69 Å². The van der Waals surface area contributed by atoms with Crippen molar-refractivity contribution in [1.82, 2.24) is 15.1 Å². The van der Waals surface area contributed by atoms with E-state index in [0.717, 1.165) is 53.3 Å². The maximum absolute atomic E-state index is 13.1. The number of benzene rings is 2. The van der Waals surface area contributed by atoms with E-state index in [1.54, 1.807) is 0 Å². The third-order valence-electron chi connectivity index (χ3n) is 5.04. The highest BCUT2D eigenvalue weighted by Gasteiger charge is 2.20. The predicted octanol–water partition coefficient (Wildman–Crippen LogP) is 4.48. The van der Waals surface area contributed by atoms with Crippen molar-refractivity contribution in [3.05, 3.63) is 82.7 Å². The largest absolute Gasteiger partial charge is 0.324 e. The van der Waals surface area contributed by atoms with Crippen LogP contribution in [0.1, 0.15) is 40.5 Å². The number of nitrogens with zero attached hydrogens (tertiary/aromatic N) is 2. The van der Waals surface area contributed by atoms with Gasteiger partial charge < -0.3 is 10.6 Å². The molecule has 5 heteroatoms. The highest BCUT2D eigenvalue weighted by atomic mass is 16.2. The fourth-order valence-corrected chi connectivity index (χ4v) is 3.46. The molecular formula is C24H30N4O. The zero-order valence-electron chi connectivity index (χ0n) is 17.7. The third kappa shape index (κ3) is 5.55. The molecule has 0 aliphatic heterocycles. The van der Waals surface area contributed by atoms with Gasteiger partial charge in [-0.1, -0.05) is 42.5 Å². The van der Waals surface area contributed by atoms with Crippen LogP contribution in [0.25, 0.3) is 0 Å². The second kappa shape index (κ2) is 9.52. The van der Waals surface area contributed by atoms with Crippen LogP contribution < -0.4 is 10.6 Å². The molecule has 152 valence electrons. The molecule has 1 unspecified atom stereocenters.